The Morgan fingerprint density at radius 3 is 2.29 bits per heavy atom. The van der Waals surface area contributed by atoms with Crippen LogP contribution in [0.25, 0.3) is 0 Å². The van der Waals surface area contributed by atoms with Crippen LogP contribution in [-0.2, 0) is 6.42 Å². The zero-order chi connectivity index (χ0) is 12.7. The average molecular weight is 251 g/mol. The minimum absolute atomic E-state index is 0.472. The van der Waals surface area contributed by atoms with E-state index in [1.165, 1.54) is 17.5 Å². The second-order valence-corrected chi connectivity index (χ2v) is 5.96. The zero-order valence-electron chi connectivity index (χ0n) is 11.5. The van der Waals surface area contributed by atoms with Gasteiger partial charge in [0.1, 0.15) is 0 Å². The van der Waals surface area contributed by atoms with Crippen molar-refractivity contribution in [3.8, 4) is 0 Å². The first-order valence-electron chi connectivity index (χ1n) is 6.58. The monoisotopic (exact) mass is 251 g/mol. The normalized spacial score (nSPS) is 14.6. The van der Waals surface area contributed by atoms with Gasteiger partial charge in [0.2, 0.25) is 0 Å². The molecule has 1 N–H and O–H groups in total. The van der Waals surface area contributed by atoms with Crippen LogP contribution in [0.3, 0.4) is 0 Å². The molecular weight excluding hydrogens is 226 g/mol. The molecule has 17 heavy (non-hydrogen) atoms. The van der Waals surface area contributed by atoms with Crippen molar-refractivity contribution in [2.45, 2.75) is 44.9 Å². The third kappa shape index (κ3) is 4.72. The Morgan fingerprint density at radius 1 is 1.18 bits per heavy atom. The molecule has 0 fully saturated rings. The molecule has 1 rings (SSSR count). The first-order valence-corrected chi connectivity index (χ1v) is 7.63. The zero-order valence-corrected chi connectivity index (χ0v) is 12.3. The van der Waals surface area contributed by atoms with Crippen LogP contribution in [-0.4, -0.2) is 18.1 Å². The molecule has 0 aliphatic rings. The molecule has 0 saturated carbocycles. The maximum Gasteiger partial charge on any atom is 0.0409 e. The summed E-state index contributed by atoms with van der Waals surface area (Å²) < 4.78 is 0. The van der Waals surface area contributed by atoms with Gasteiger partial charge in [-0.25, -0.2) is 0 Å². The molecule has 0 aromatic heterocycles. The van der Waals surface area contributed by atoms with Gasteiger partial charge < -0.3 is 5.32 Å². The maximum atomic E-state index is 3.41. The van der Waals surface area contributed by atoms with E-state index in [9.17, 15) is 0 Å². The highest BCUT2D eigenvalue weighted by atomic mass is 32.2. The highest BCUT2D eigenvalue weighted by Crippen LogP contribution is 2.22. The second kappa shape index (κ2) is 7.78. The molecule has 0 spiro atoms. The largest absolute Gasteiger partial charge is 0.312 e. The van der Waals surface area contributed by atoms with Gasteiger partial charge in [0.05, 0.1) is 0 Å². The van der Waals surface area contributed by atoms with E-state index >= 15 is 0 Å². The van der Waals surface area contributed by atoms with E-state index in [1.807, 2.05) is 0 Å². The summed E-state index contributed by atoms with van der Waals surface area (Å²) in [5, 5.41) is 4.17. The van der Waals surface area contributed by atoms with Crippen molar-refractivity contribution < 1.29 is 0 Å². The number of hydrogen-bond acceptors (Lipinski definition) is 2. The fourth-order valence-electron chi connectivity index (χ4n) is 1.71. The van der Waals surface area contributed by atoms with Crippen molar-refractivity contribution in [3.63, 3.8) is 0 Å². The van der Waals surface area contributed by atoms with Gasteiger partial charge in [-0.05, 0) is 31.0 Å². The summed E-state index contributed by atoms with van der Waals surface area (Å²) in [6, 6.07) is 9.48. The number of hydrogen-bond donors (Lipinski definition) is 1. The molecule has 0 saturated heterocycles. The number of thioether (sulfide) groups is 1. The first-order chi connectivity index (χ1) is 8.21. The van der Waals surface area contributed by atoms with E-state index in [2.05, 4.69) is 69.2 Å². The van der Waals surface area contributed by atoms with Gasteiger partial charge in [-0.2, -0.15) is 11.8 Å². The quantitative estimate of drug-likeness (QED) is 0.785. The van der Waals surface area contributed by atoms with Crippen LogP contribution in [0.2, 0.25) is 0 Å². The fourth-order valence-corrected chi connectivity index (χ4v) is 2.83. The van der Waals surface area contributed by atoms with Gasteiger partial charge >= 0.3 is 0 Å². The van der Waals surface area contributed by atoms with Crippen molar-refractivity contribution in [1.82, 2.24) is 5.32 Å². The number of benzene rings is 1. The SMILES string of the molecule is CCc1ccc(C(CSC(C)CC)NC)cc1. The topological polar surface area (TPSA) is 12.0 Å². The molecule has 2 atom stereocenters. The van der Waals surface area contributed by atoms with Gasteiger partial charge in [0, 0.05) is 17.0 Å². The molecular formula is C15H25NS. The summed E-state index contributed by atoms with van der Waals surface area (Å²) in [4.78, 5) is 0. The van der Waals surface area contributed by atoms with Crippen LogP contribution in [0, 0.1) is 0 Å². The number of nitrogens with one attached hydrogen (secondary N) is 1. The van der Waals surface area contributed by atoms with Gasteiger partial charge in [-0.3, -0.25) is 0 Å². The Hall–Kier alpha value is -0.470. The summed E-state index contributed by atoms with van der Waals surface area (Å²) in [6.45, 7) is 6.75. The first kappa shape index (κ1) is 14.6. The Morgan fingerprint density at radius 2 is 1.82 bits per heavy atom. The summed E-state index contributed by atoms with van der Waals surface area (Å²) >= 11 is 2.05. The summed E-state index contributed by atoms with van der Waals surface area (Å²) in [5.41, 5.74) is 2.82. The summed E-state index contributed by atoms with van der Waals surface area (Å²) in [5.74, 6) is 1.15. The van der Waals surface area contributed by atoms with Crippen LogP contribution < -0.4 is 5.32 Å². The van der Waals surface area contributed by atoms with Gasteiger partial charge in [0.25, 0.3) is 0 Å². The van der Waals surface area contributed by atoms with Crippen molar-refractivity contribution >= 4 is 11.8 Å². The molecule has 96 valence electrons. The summed E-state index contributed by atoms with van der Waals surface area (Å²) in [7, 11) is 2.05. The Balaban J connectivity index is 2.59. The third-order valence-corrected chi connectivity index (χ3v) is 4.69. The van der Waals surface area contributed by atoms with E-state index in [1.54, 1.807) is 0 Å². The lowest BCUT2D eigenvalue weighted by molar-refractivity contribution is 0.660. The van der Waals surface area contributed by atoms with E-state index in [0.29, 0.717) is 6.04 Å². The average Bonchev–Trinajstić information content (AvgIpc) is 2.39. The molecule has 0 amide bonds. The van der Waals surface area contributed by atoms with Crippen molar-refractivity contribution in [1.29, 1.82) is 0 Å². The van der Waals surface area contributed by atoms with E-state index < -0.39 is 0 Å². The van der Waals surface area contributed by atoms with Crippen molar-refractivity contribution in [2.24, 2.45) is 0 Å². The predicted molar refractivity (Wildman–Crippen MR) is 79.8 cm³/mol. The smallest absolute Gasteiger partial charge is 0.0409 e. The van der Waals surface area contributed by atoms with Crippen LogP contribution in [0.5, 0.6) is 0 Å². The highest BCUT2D eigenvalue weighted by Gasteiger charge is 2.10. The van der Waals surface area contributed by atoms with Crippen LogP contribution in [0.4, 0.5) is 0 Å². The lowest BCUT2D eigenvalue weighted by Crippen LogP contribution is -2.19. The minimum Gasteiger partial charge on any atom is -0.312 e. The molecule has 0 bridgehead atoms. The molecule has 1 nitrogen and oxygen atoms in total. The van der Waals surface area contributed by atoms with Crippen molar-refractivity contribution in [3.05, 3.63) is 35.4 Å². The molecule has 2 heteroatoms. The van der Waals surface area contributed by atoms with Crippen LogP contribution >= 0.6 is 11.8 Å². The maximum absolute atomic E-state index is 3.41. The molecule has 1 aromatic carbocycles. The highest BCUT2D eigenvalue weighted by molar-refractivity contribution is 7.99. The Kier molecular flexibility index (Phi) is 6.68. The molecule has 0 aliphatic heterocycles. The standard InChI is InChI=1S/C15H25NS/c1-5-12(3)17-11-15(16-4)14-9-7-13(6-2)8-10-14/h7-10,12,15-16H,5-6,11H2,1-4H3. The van der Waals surface area contributed by atoms with Gasteiger partial charge in [-0.1, -0.05) is 45.0 Å². The molecule has 0 aliphatic carbocycles. The Labute approximate surface area is 110 Å². The van der Waals surface area contributed by atoms with Gasteiger partial charge in [0.15, 0.2) is 0 Å². The number of aryl methyl sites for hydroxylation is 1. The van der Waals surface area contributed by atoms with E-state index in [0.717, 1.165) is 17.4 Å². The van der Waals surface area contributed by atoms with Gasteiger partial charge in [-0.15, -0.1) is 0 Å². The van der Waals surface area contributed by atoms with Crippen LogP contribution in [0.1, 0.15) is 44.4 Å². The molecule has 0 heterocycles. The Bertz CT molecular complexity index is 307. The van der Waals surface area contributed by atoms with E-state index in [4.69, 9.17) is 0 Å². The molecule has 1 aromatic rings. The number of rotatable bonds is 7. The fraction of sp³-hybridized carbons (Fsp3) is 0.600. The molecule has 2 unspecified atom stereocenters. The van der Waals surface area contributed by atoms with Crippen molar-refractivity contribution in [2.75, 3.05) is 12.8 Å². The minimum atomic E-state index is 0.472. The lowest BCUT2D eigenvalue weighted by Gasteiger charge is -2.18. The van der Waals surface area contributed by atoms with Crippen LogP contribution in [0.15, 0.2) is 24.3 Å². The predicted octanol–water partition coefficient (Wildman–Crippen LogP) is 4.04. The second-order valence-electron chi connectivity index (χ2n) is 4.49. The van der Waals surface area contributed by atoms with E-state index in [-0.39, 0.29) is 0 Å². The lowest BCUT2D eigenvalue weighted by atomic mass is 10.1. The third-order valence-electron chi connectivity index (χ3n) is 3.26. The molecule has 0 radical (unpaired) electrons. The summed E-state index contributed by atoms with van der Waals surface area (Å²) in [6.07, 6.45) is 2.36.